The molecule has 4 rings (SSSR count). The zero-order chi connectivity index (χ0) is 22.6. The molecule has 1 saturated heterocycles. The number of fused-ring (bicyclic) bond motifs is 1. The first kappa shape index (κ1) is 17.8. The van der Waals surface area contributed by atoms with Crippen LogP contribution in [-0.4, -0.2) is 33.2 Å². The molecule has 13 heteroatoms. The predicted molar refractivity (Wildman–Crippen MR) is 96.3 cm³/mol. The van der Waals surface area contributed by atoms with Crippen LogP contribution >= 0.6 is 19.4 Å². The minimum atomic E-state index is -4.64. The summed E-state index contributed by atoms with van der Waals surface area (Å²) in [5.74, 6) is -3.30. The summed E-state index contributed by atoms with van der Waals surface area (Å²) < 4.78 is 64.7. The Morgan fingerprint density at radius 1 is 1.48 bits per heavy atom. The van der Waals surface area contributed by atoms with E-state index in [-0.39, 0.29) is 12.4 Å². The van der Waals surface area contributed by atoms with E-state index in [1.54, 1.807) is 0 Å². The average Bonchev–Trinajstić information content (AvgIpc) is 2.97. The third-order valence-corrected chi connectivity index (χ3v) is 5.57. The van der Waals surface area contributed by atoms with E-state index in [4.69, 9.17) is 32.7 Å². The second-order valence-electron chi connectivity index (χ2n) is 6.28. The van der Waals surface area contributed by atoms with Crippen LogP contribution in [0.4, 0.5) is 4.39 Å². The van der Waals surface area contributed by atoms with Crippen molar-refractivity contribution in [1.29, 1.82) is 0 Å². The van der Waals surface area contributed by atoms with Crippen molar-refractivity contribution in [3.63, 3.8) is 0 Å². The third kappa shape index (κ3) is 4.16. The summed E-state index contributed by atoms with van der Waals surface area (Å²) >= 11 is 5.85. The Balaban J connectivity index is 1.57. The summed E-state index contributed by atoms with van der Waals surface area (Å²) in [6.07, 6.45) is -3.42. The molecular weight excluding hydrogens is 434 g/mol. The lowest BCUT2D eigenvalue weighted by molar-refractivity contribution is -0.179. The van der Waals surface area contributed by atoms with Crippen molar-refractivity contribution in [3.8, 4) is 5.75 Å². The Morgan fingerprint density at radius 3 is 3.03 bits per heavy atom. The first-order valence-corrected chi connectivity index (χ1v) is 10.0. The molecule has 4 atom stereocenters. The second kappa shape index (κ2) is 7.35. The molecule has 0 aliphatic carbocycles. The normalized spacial score (nSPS) is 32.8. The molecule has 0 amide bonds. The van der Waals surface area contributed by atoms with Crippen LogP contribution in [-0.2, 0) is 25.0 Å². The molecule has 3 heterocycles. The number of alkyl halides is 1. The van der Waals surface area contributed by atoms with Crippen LogP contribution in [0.25, 0.3) is 0 Å². The van der Waals surface area contributed by atoms with Crippen molar-refractivity contribution < 1.29 is 35.1 Å². The number of hydrogen-bond donors (Lipinski definition) is 2. The summed E-state index contributed by atoms with van der Waals surface area (Å²) in [6.45, 7) is -3.74. The number of phosphoric acid groups is 1. The fraction of sp³-hybridized carbons (Fsp3) is 0.375. The fourth-order valence-corrected chi connectivity index (χ4v) is 4.14. The van der Waals surface area contributed by atoms with Crippen molar-refractivity contribution in [2.24, 2.45) is 0 Å². The van der Waals surface area contributed by atoms with E-state index < -0.39 is 50.2 Å². The van der Waals surface area contributed by atoms with Crippen LogP contribution in [0.1, 0.15) is 21.0 Å². The van der Waals surface area contributed by atoms with Crippen molar-refractivity contribution in [3.05, 3.63) is 61.9 Å². The first-order valence-electron chi connectivity index (χ1n) is 9.21. The van der Waals surface area contributed by atoms with Gasteiger partial charge in [0.2, 0.25) is 5.85 Å². The topological polar surface area (TPSA) is 129 Å². The smallest absolute Gasteiger partial charge is 0.404 e. The Bertz CT molecular complexity index is 1190. The zero-order valence-corrected chi connectivity index (χ0v) is 16.1. The first-order chi connectivity index (χ1) is 14.4. The van der Waals surface area contributed by atoms with Crippen LogP contribution in [0.2, 0.25) is 5.02 Å². The van der Waals surface area contributed by atoms with Gasteiger partial charge in [-0.05, 0) is 18.2 Å². The van der Waals surface area contributed by atoms with Crippen molar-refractivity contribution in [2.45, 2.75) is 31.2 Å². The second-order valence-corrected chi connectivity index (χ2v) is 8.24. The molecule has 2 aliphatic heterocycles. The molecule has 2 aliphatic rings. The monoisotopic (exact) mass is 450 g/mol. The van der Waals surface area contributed by atoms with Gasteiger partial charge in [0.15, 0.2) is 6.23 Å². The summed E-state index contributed by atoms with van der Waals surface area (Å²) in [5, 5.41) is 10.5. The Kier molecular flexibility index (Phi) is 4.52. The van der Waals surface area contributed by atoms with E-state index in [1.807, 2.05) is 4.98 Å². The molecule has 1 aromatic carbocycles. The van der Waals surface area contributed by atoms with Gasteiger partial charge in [0.25, 0.3) is 5.56 Å². The number of ether oxygens (including phenoxy) is 1. The largest absolute Gasteiger partial charge is 0.530 e. The van der Waals surface area contributed by atoms with E-state index in [9.17, 15) is 19.3 Å². The molecule has 0 saturated carbocycles. The number of phosphoric ester groups is 1. The van der Waals surface area contributed by atoms with Gasteiger partial charge in [-0.1, -0.05) is 11.6 Å². The van der Waals surface area contributed by atoms with Gasteiger partial charge >= 0.3 is 13.5 Å². The van der Waals surface area contributed by atoms with Gasteiger partial charge in [0.05, 0.1) is 9.35 Å². The lowest BCUT2D eigenvalue weighted by atomic mass is 10.2. The summed E-state index contributed by atoms with van der Waals surface area (Å²) in [7, 11) is -4.64. The van der Waals surface area contributed by atoms with Gasteiger partial charge in [0.1, 0.15) is 18.4 Å². The van der Waals surface area contributed by atoms with Crippen LogP contribution in [0.5, 0.6) is 5.75 Å². The fourth-order valence-electron chi connectivity index (χ4n) is 2.84. The minimum Gasteiger partial charge on any atom is -0.404 e. The summed E-state index contributed by atoms with van der Waals surface area (Å²) in [4.78, 5) is 25.0. The van der Waals surface area contributed by atoms with Gasteiger partial charge in [-0.25, -0.2) is 13.8 Å². The van der Waals surface area contributed by atoms with E-state index in [1.165, 1.54) is 18.2 Å². The molecular formula is C16H15ClFN2O8P. The van der Waals surface area contributed by atoms with Crippen LogP contribution in [0.15, 0.2) is 40.1 Å². The van der Waals surface area contributed by atoms with Crippen LogP contribution < -0.4 is 15.8 Å². The lowest BCUT2D eigenvalue weighted by Gasteiger charge is -2.27. The lowest BCUT2D eigenvalue weighted by Crippen LogP contribution is -2.35. The van der Waals surface area contributed by atoms with Crippen LogP contribution in [0.3, 0.4) is 0 Å². The van der Waals surface area contributed by atoms with Crippen LogP contribution in [0, 0.1) is 0 Å². The highest BCUT2D eigenvalue weighted by Crippen LogP contribution is 2.55. The molecule has 2 N–H and O–H groups in total. The number of halogens is 2. The molecule has 29 heavy (non-hydrogen) atoms. The van der Waals surface area contributed by atoms with Gasteiger partial charge in [0, 0.05) is 29.3 Å². The van der Waals surface area contributed by atoms with E-state index in [2.05, 4.69) is 0 Å². The quantitative estimate of drug-likeness (QED) is 0.675. The predicted octanol–water partition coefficient (Wildman–Crippen LogP) is 1.87. The SMILES string of the molecule is [2H]C([2H])(OP1(=O)OCc2cc(Cl)ccc2O1)[C@]1(F)C[C@@H](O)[C@H](n2ccc(=O)[nH]c2=O)O1. The standard InChI is InChI=1S/C16H15ClFN2O8P/c17-10-1-2-12-9(5-10)7-25-29(24,28-12)26-8-16(18)6-11(21)14(27-16)20-4-3-13(22)19-15(20)23/h1-5,11,14,21H,6-8H2,(H,19,22,23)/t11-,14-,16+,29?/m1/s1/i8D2. The maximum Gasteiger partial charge on any atom is 0.530 e. The average molecular weight is 451 g/mol. The van der Waals surface area contributed by atoms with Gasteiger partial charge in [-0.3, -0.25) is 23.4 Å². The van der Waals surface area contributed by atoms with E-state index >= 15 is 4.39 Å². The highest BCUT2D eigenvalue weighted by molar-refractivity contribution is 7.49. The number of aromatic nitrogens is 2. The molecule has 0 spiro atoms. The number of H-pyrrole nitrogens is 1. The maximum atomic E-state index is 15.4. The molecule has 156 valence electrons. The molecule has 1 aromatic heterocycles. The van der Waals surface area contributed by atoms with Gasteiger partial charge in [-0.2, -0.15) is 0 Å². The molecule has 1 unspecified atom stereocenters. The van der Waals surface area contributed by atoms with Gasteiger partial charge in [-0.15, -0.1) is 0 Å². The minimum absolute atomic E-state index is 0.0488. The number of nitrogens with one attached hydrogen (secondary N) is 1. The summed E-state index contributed by atoms with van der Waals surface area (Å²) in [5.41, 5.74) is -1.32. The number of benzene rings is 1. The number of aliphatic hydroxyl groups is 1. The number of aromatic amines is 1. The van der Waals surface area contributed by atoms with Crippen molar-refractivity contribution in [2.75, 3.05) is 6.56 Å². The Hall–Kier alpha value is -2.01. The molecule has 0 radical (unpaired) electrons. The van der Waals surface area contributed by atoms with Crippen molar-refractivity contribution in [1.82, 2.24) is 9.55 Å². The maximum absolute atomic E-state index is 15.4. The molecule has 1 fully saturated rings. The number of hydrogen-bond acceptors (Lipinski definition) is 8. The number of aliphatic hydroxyl groups excluding tert-OH is 1. The summed E-state index contributed by atoms with van der Waals surface area (Å²) in [6, 6.07) is 5.22. The van der Waals surface area contributed by atoms with E-state index in [0.29, 0.717) is 15.2 Å². The van der Waals surface area contributed by atoms with Gasteiger partial charge < -0.3 is 14.4 Å². The number of rotatable bonds is 4. The Labute approximate surface area is 170 Å². The number of nitrogens with zero attached hydrogens (tertiary/aromatic N) is 1. The Morgan fingerprint density at radius 2 is 2.28 bits per heavy atom. The highest BCUT2D eigenvalue weighted by atomic mass is 35.5. The molecule has 10 nitrogen and oxygen atoms in total. The third-order valence-electron chi connectivity index (χ3n) is 4.15. The zero-order valence-electron chi connectivity index (χ0n) is 16.4. The van der Waals surface area contributed by atoms with Crippen molar-refractivity contribution >= 4 is 19.4 Å². The molecule has 2 aromatic rings. The highest BCUT2D eigenvalue weighted by Gasteiger charge is 2.50. The molecule has 0 bridgehead atoms. The van der Waals surface area contributed by atoms with E-state index in [0.717, 1.165) is 12.3 Å².